The Morgan fingerprint density at radius 1 is 0.686 bits per heavy atom. The number of nitrogens with zero attached hydrogens (tertiary/aromatic N) is 2. The van der Waals surface area contributed by atoms with Gasteiger partial charge in [0, 0.05) is 5.02 Å². The van der Waals surface area contributed by atoms with Crippen LogP contribution in [0.4, 0.5) is 9.59 Å². The largest absolute Gasteiger partial charge is 0.497 e. The van der Waals surface area contributed by atoms with Gasteiger partial charge in [-0.1, -0.05) is 109 Å². The second-order valence-corrected chi connectivity index (χ2v) is 13.2. The van der Waals surface area contributed by atoms with Crippen LogP contribution in [-0.2, 0) is 44.7 Å². The molecule has 10 heteroatoms. The number of carbonyl (C=O) groups is 4. The van der Waals surface area contributed by atoms with E-state index >= 15 is 0 Å². The Bertz CT molecular complexity index is 1870. The van der Waals surface area contributed by atoms with E-state index in [-0.39, 0.29) is 26.1 Å². The van der Waals surface area contributed by atoms with Crippen LogP contribution in [0.1, 0.15) is 22.3 Å². The first-order valence-corrected chi connectivity index (χ1v) is 17.3. The van der Waals surface area contributed by atoms with Gasteiger partial charge >= 0.3 is 12.2 Å². The van der Waals surface area contributed by atoms with Crippen molar-refractivity contribution >= 4 is 35.6 Å². The minimum Gasteiger partial charge on any atom is -0.497 e. The third kappa shape index (κ3) is 8.85. The van der Waals surface area contributed by atoms with Gasteiger partial charge in [0.15, 0.2) is 0 Å². The molecule has 2 aliphatic heterocycles. The molecule has 4 amide bonds. The molecule has 0 aliphatic carbocycles. The SMILES string of the molecule is COc1ccc(C[C@@H](C=C[C@H](Cc2cccc(Cl)c2)C(=O)N2C(=O)OCC2Cc2ccccc2)C(=O)N2C(=O)OCC2Cc2ccccc2)cc1. The molecule has 4 atom stereocenters. The second kappa shape index (κ2) is 16.5. The molecular weight excluding hydrogens is 668 g/mol. The Labute approximate surface area is 302 Å². The number of benzene rings is 4. The summed E-state index contributed by atoms with van der Waals surface area (Å²) in [4.78, 5) is 57.3. The Balaban J connectivity index is 1.32. The van der Waals surface area contributed by atoms with E-state index in [9.17, 15) is 19.2 Å². The van der Waals surface area contributed by atoms with Crippen molar-refractivity contribution < 1.29 is 33.4 Å². The number of hydrogen-bond acceptors (Lipinski definition) is 7. The number of rotatable bonds is 13. The lowest BCUT2D eigenvalue weighted by Gasteiger charge is -2.25. The fourth-order valence-corrected chi connectivity index (χ4v) is 6.78. The van der Waals surface area contributed by atoms with E-state index in [0.29, 0.717) is 23.6 Å². The summed E-state index contributed by atoms with van der Waals surface area (Å²) < 4.78 is 16.1. The highest BCUT2D eigenvalue weighted by Gasteiger charge is 2.42. The molecule has 0 aromatic heterocycles. The lowest BCUT2D eigenvalue weighted by molar-refractivity contribution is -0.133. The van der Waals surface area contributed by atoms with Gasteiger partial charge in [-0.05, 0) is 72.2 Å². The number of cyclic esters (lactones) is 2. The normalized spacial score (nSPS) is 18.4. The van der Waals surface area contributed by atoms with Crippen molar-refractivity contribution in [1.82, 2.24) is 9.80 Å². The molecule has 0 bridgehead atoms. The molecule has 4 aromatic rings. The molecule has 4 aromatic carbocycles. The van der Waals surface area contributed by atoms with Crippen molar-refractivity contribution in [3.05, 3.63) is 149 Å². The van der Waals surface area contributed by atoms with Crippen LogP contribution in [0.3, 0.4) is 0 Å². The van der Waals surface area contributed by atoms with E-state index < -0.39 is 47.9 Å². The number of carbonyl (C=O) groups excluding carboxylic acids is 4. The van der Waals surface area contributed by atoms with E-state index in [0.717, 1.165) is 22.3 Å². The summed E-state index contributed by atoms with van der Waals surface area (Å²) in [7, 11) is 1.58. The lowest BCUT2D eigenvalue weighted by atomic mass is 9.91. The van der Waals surface area contributed by atoms with Crippen LogP contribution in [0.2, 0.25) is 5.02 Å². The fourth-order valence-electron chi connectivity index (χ4n) is 6.57. The molecule has 2 saturated heterocycles. The van der Waals surface area contributed by atoms with Crippen molar-refractivity contribution in [1.29, 1.82) is 0 Å². The van der Waals surface area contributed by atoms with Crippen LogP contribution in [0.15, 0.2) is 121 Å². The van der Waals surface area contributed by atoms with Gasteiger partial charge in [-0.3, -0.25) is 9.59 Å². The number of amides is 4. The summed E-state index contributed by atoms with van der Waals surface area (Å²) >= 11 is 6.32. The summed E-state index contributed by atoms with van der Waals surface area (Å²) in [5, 5.41) is 0.509. The standard InChI is InChI=1S/C41H39ClN2O7/c1-49-37-19-15-30(16-20-37)21-32(38(45)43-35(26-50-40(43)47)24-28-9-4-2-5-10-28)17-18-33(22-31-13-8-14-34(42)23-31)39(46)44-36(27-51-41(44)48)25-29-11-6-3-7-12-29/h2-20,23,32-33,35-36H,21-22,24-27H2,1H3/t32-,33-,35?,36?/m1/s1. The van der Waals surface area contributed by atoms with Crippen molar-refractivity contribution in [2.45, 2.75) is 37.8 Å². The molecule has 262 valence electrons. The quantitative estimate of drug-likeness (QED) is 0.137. The van der Waals surface area contributed by atoms with Gasteiger partial charge in [0.2, 0.25) is 11.8 Å². The van der Waals surface area contributed by atoms with Crippen LogP contribution in [-0.4, -0.2) is 66.2 Å². The first-order valence-electron chi connectivity index (χ1n) is 16.9. The number of halogens is 1. The van der Waals surface area contributed by atoms with E-state index in [1.807, 2.05) is 78.9 Å². The van der Waals surface area contributed by atoms with Crippen molar-refractivity contribution in [2.24, 2.45) is 11.8 Å². The summed E-state index contributed by atoms with van der Waals surface area (Å²) in [6.45, 7) is 0.152. The van der Waals surface area contributed by atoms with Crippen LogP contribution in [0.5, 0.6) is 5.75 Å². The van der Waals surface area contributed by atoms with Gasteiger partial charge < -0.3 is 14.2 Å². The molecule has 0 N–H and O–H groups in total. The van der Waals surface area contributed by atoms with E-state index in [4.69, 9.17) is 25.8 Å². The predicted octanol–water partition coefficient (Wildman–Crippen LogP) is 7.10. The summed E-state index contributed by atoms with van der Waals surface area (Å²) in [5.74, 6) is -1.93. The summed E-state index contributed by atoms with van der Waals surface area (Å²) in [5.41, 5.74) is 3.54. The highest BCUT2D eigenvalue weighted by molar-refractivity contribution is 6.30. The molecule has 0 spiro atoms. The predicted molar refractivity (Wildman–Crippen MR) is 192 cm³/mol. The minimum absolute atomic E-state index is 0.0749. The zero-order valence-corrected chi connectivity index (χ0v) is 29.0. The van der Waals surface area contributed by atoms with Gasteiger partial charge in [-0.2, -0.15) is 0 Å². The van der Waals surface area contributed by atoms with Crippen molar-refractivity contribution in [3.63, 3.8) is 0 Å². The smallest absolute Gasteiger partial charge is 0.417 e. The number of hydrogen-bond donors (Lipinski definition) is 0. The maximum absolute atomic E-state index is 14.4. The summed E-state index contributed by atoms with van der Waals surface area (Å²) in [6, 6.07) is 32.7. The van der Waals surface area contributed by atoms with Gasteiger partial charge in [0.1, 0.15) is 19.0 Å². The third-order valence-electron chi connectivity index (χ3n) is 9.19. The van der Waals surface area contributed by atoms with Gasteiger partial charge in [0.05, 0.1) is 31.0 Å². The van der Waals surface area contributed by atoms with Crippen LogP contribution < -0.4 is 4.74 Å². The average Bonchev–Trinajstić information content (AvgIpc) is 3.70. The molecule has 0 saturated carbocycles. The van der Waals surface area contributed by atoms with Crippen LogP contribution in [0, 0.1) is 11.8 Å². The molecular formula is C41H39ClN2O7. The van der Waals surface area contributed by atoms with Crippen LogP contribution in [0.25, 0.3) is 0 Å². The molecule has 2 heterocycles. The van der Waals surface area contributed by atoms with E-state index in [1.54, 1.807) is 49.6 Å². The Morgan fingerprint density at radius 2 is 1.16 bits per heavy atom. The molecule has 2 unspecified atom stereocenters. The Morgan fingerprint density at radius 3 is 1.63 bits per heavy atom. The molecule has 6 rings (SSSR count). The molecule has 9 nitrogen and oxygen atoms in total. The van der Waals surface area contributed by atoms with Gasteiger partial charge in [-0.25, -0.2) is 19.4 Å². The highest BCUT2D eigenvalue weighted by atomic mass is 35.5. The average molecular weight is 707 g/mol. The lowest BCUT2D eigenvalue weighted by Crippen LogP contribution is -2.44. The van der Waals surface area contributed by atoms with Crippen LogP contribution >= 0.6 is 11.6 Å². The minimum atomic E-state index is -0.857. The highest BCUT2D eigenvalue weighted by Crippen LogP contribution is 2.27. The maximum Gasteiger partial charge on any atom is 0.417 e. The number of methoxy groups -OCH3 is 1. The molecule has 0 radical (unpaired) electrons. The number of ether oxygens (including phenoxy) is 3. The zero-order chi connectivity index (χ0) is 35.7. The van der Waals surface area contributed by atoms with Crippen molar-refractivity contribution in [2.75, 3.05) is 20.3 Å². The summed E-state index contributed by atoms with van der Waals surface area (Å²) in [6.07, 6.45) is 3.26. The van der Waals surface area contributed by atoms with Gasteiger partial charge in [-0.15, -0.1) is 0 Å². The number of imide groups is 2. The third-order valence-corrected chi connectivity index (χ3v) is 9.43. The Hall–Kier alpha value is -5.41. The first kappa shape index (κ1) is 35.4. The Kier molecular flexibility index (Phi) is 11.5. The van der Waals surface area contributed by atoms with Crippen molar-refractivity contribution in [3.8, 4) is 5.75 Å². The maximum atomic E-state index is 14.4. The van der Waals surface area contributed by atoms with Gasteiger partial charge in [0.25, 0.3) is 0 Å². The monoisotopic (exact) mass is 706 g/mol. The van der Waals surface area contributed by atoms with E-state index in [2.05, 4.69) is 0 Å². The van der Waals surface area contributed by atoms with E-state index in [1.165, 1.54) is 9.80 Å². The zero-order valence-electron chi connectivity index (χ0n) is 28.2. The molecule has 2 fully saturated rings. The second-order valence-electron chi connectivity index (χ2n) is 12.7. The molecule has 51 heavy (non-hydrogen) atoms. The topological polar surface area (TPSA) is 102 Å². The first-order chi connectivity index (χ1) is 24.8. The fraction of sp³-hybridized carbons (Fsp3) is 0.268. The molecule has 2 aliphatic rings.